The zero-order chi connectivity index (χ0) is 7.28. The quantitative estimate of drug-likeness (QED) is 0.469. The normalized spacial score (nSPS) is 8.33. The van der Waals surface area contributed by atoms with E-state index in [-0.39, 0.29) is 4.49 Å². The maximum Gasteiger partial charge on any atom is 0.342 e. The Morgan fingerprint density at radius 2 is 2.22 bits per heavy atom. The third-order valence-corrected chi connectivity index (χ3v) is 0.567. The minimum Gasteiger partial charge on any atom is -0.430 e. The van der Waals surface area contributed by atoms with Crippen LogP contribution in [0.4, 0.5) is 4.39 Å². The average molecular weight is 173 g/mol. The number of carbonyl (C=O) groups excluding carboxylic acids is 1. The molecule has 0 aromatic rings. The lowest BCUT2D eigenvalue weighted by Crippen LogP contribution is -2.00. The number of hydrogen-bond acceptors (Lipinski definition) is 2. The van der Waals surface area contributed by atoms with E-state index in [0.29, 0.717) is 0 Å². The number of carbonyl (C=O) groups is 1. The molecule has 0 heterocycles. The summed E-state index contributed by atoms with van der Waals surface area (Å²) in [6, 6.07) is 0. The molecular weight excluding hydrogens is 170 g/mol. The molecule has 0 saturated heterocycles. The monoisotopic (exact) mass is 172 g/mol. The molecule has 0 fully saturated rings. The van der Waals surface area contributed by atoms with Crippen molar-refractivity contribution in [1.29, 1.82) is 0 Å². The number of ether oxygens (including phenoxy) is 1. The van der Waals surface area contributed by atoms with Gasteiger partial charge in [0.05, 0.1) is 0 Å². The first-order valence-electron chi connectivity index (χ1n) is 1.93. The third-order valence-electron chi connectivity index (χ3n) is 0.389. The number of alkyl halides is 1. The summed E-state index contributed by atoms with van der Waals surface area (Å²) in [5, 5.41) is 0. The van der Waals surface area contributed by atoms with Gasteiger partial charge in [0.15, 0.2) is 6.67 Å². The highest BCUT2D eigenvalue weighted by molar-refractivity contribution is 6.55. The van der Waals surface area contributed by atoms with E-state index in [2.05, 4.69) is 4.74 Å². The molecule has 0 saturated carbocycles. The van der Waals surface area contributed by atoms with E-state index < -0.39 is 12.6 Å². The summed E-state index contributed by atoms with van der Waals surface area (Å²) in [5.74, 6) is -1.02. The number of esters is 1. The second-order valence-electron chi connectivity index (χ2n) is 1.03. The van der Waals surface area contributed by atoms with Crippen LogP contribution in [-0.2, 0) is 9.53 Å². The van der Waals surface area contributed by atoms with Gasteiger partial charge in [-0.2, -0.15) is 0 Å². The molecule has 0 aromatic carbocycles. The summed E-state index contributed by atoms with van der Waals surface area (Å²) in [6.07, 6.45) is 0.755. The van der Waals surface area contributed by atoms with Crippen LogP contribution in [0.15, 0.2) is 10.8 Å². The lowest BCUT2D eigenvalue weighted by atomic mass is 10.8. The fraction of sp³-hybridized carbons (Fsp3) is 0.250. The molecule has 0 spiro atoms. The van der Waals surface area contributed by atoms with Crippen LogP contribution in [0.1, 0.15) is 0 Å². The number of rotatable bonds is 2. The summed E-state index contributed by atoms with van der Waals surface area (Å²) in [4.78, 5) is 9.96. The van der Waals surface area contributed by atoms with Crippen LogP contribution in [0.5, 0.6) is 0 Å². The van der Waals surface area contributed by atoms with Gasteiger partial charge >= 0.3 is 5.97 Å². The predicted molar refractivity (Wildman–Crippen MR) is 31.9 cm³/mol. The van der Waals surface area contributed by atoms with E-state index in [0.717, 1.165) is 6.26 Å². The van der Waals surface area contributed by atoms with Crippen molar-refractivity contribution >= 4 is 29.2 Å². The van der Waals surface area contributed by atoms with E-state index >= 15 is 0 Å². The van der Waals surface area contributed by atoms with E-state index in [4.69, 9.17) is 23.2 Å². The van der Waals surface area contributed by atoms with Crippen molar-refractivity contribution in [2.24, 2.45) is 0 Å². The van der Waals surface area contributed by atoms with Crippen molar-refractivity contribution in [3.8, 4) is 0 Å². The van der Waals surface area contributed by atoms with Crippen LogP contribution in [0, 0.1) is 0 Å². The molecule has 0 amide bonds. The molecule has 5 heteroatoms. The lowest BCUT2D eigenvalue weighted by Gasteiger charge is -1.89. The molecule has 0 radical (unpaired) electrons. The molecule has 0 bridgehead atoms. The predicted octanol–water partition coefficient (Wildman–Crippen LogP) is 1.78. The van der Waals surface area contributed by atoms with Gasteiger partial charge in [-0.1, -0.05) is 23.2 Å². The highest BCUT2D eigenvalue weighted by Crippen LogP contribution is 2.05. The minimum absolute atomic E-state index is 0.225. The first-order chi connectivity index (χ1) is 4.16. The zero-order valence-corrected chi connectivity index (χ0v) is 5.75. The van der Waals surface area contributed by atoms with E-state index in [1.165, 1.54) is 0 Å². The van der Waals surface area contributed by atoms with Crippen LogP contribution >= 0.6 is 23.2 Å². The summed E-state index contributed by atoms with van der Waals surface area (Å²) >= 11 is 10.0. The Morgan fingerprint density at radius 3 is 2.56 bits per heavy atom. The second-order valence-corrected chi connectivity index (χ2v) is 2.04. The van der Waals surface area contributed by atoms with Gasteiger partial charge in [-0.05, 0) is 0 Å². The third kappa shape index (κ3) is 5.59. The second kappa shape index (κ2) is 4.58. The smallest absolute Gasteiger partial charge is 0.342 e. The molecule has 0 atom stereocenters. The highest BCUT2D eigenvalue weighted by Gasteiger charge is 1.96. The van der Waals surface area contributed by atoms with Crippen molar-refractivity contribution in [3.05, 3.63) is 10.8 Å². The molecule has 0 N–H and O–H groups in total. The van der Waals surface area contributed by atoms with Crippen molar-refractivity contribution in [1.82, 2.24) is 0 Å². The van der Waals surface area contributed by atoms with Gasteiger partial charge < -0.3 is 4.74 Å². The molecule has 2 nitrogen and oxygen atoms in total. The molecule has 0 unspecified atom stereocenters. The molecule has 0 aliphatic rings. The van der Waals surface area contributed by atoms with Crippen LogP contribution < -0.4 is 0 Å². The van der Waals surface area contributed by atoms with Gasteiger partial charge in [0.2, 0.25) is 0 Å². The standard InChI is InChI=1S/C4H3Cl2FO2/c5-3(6)2-9-4(8)1-7/h2H,1H2. The Balaban J connectivity index is 3.50. The van der Waals surface area contributed by atoms with Crippen molar-refractivity contribution in [2.45, 2.75) is 0 Å². The molecule has 0 aromatic heterocycles. The summed E-state index contributed by atoms with van der Waals surface area (Å²) in [6.45, 7) is -1.18. The van der Waals surface area contributed by atoms with Crippen LogP contribution in [-0.4, -0.2) is 12.6 Å². The first kappa shape index (κ1) is 8.72. The van der Waals surface area contributed by atoms with E-state index in [1.807, 2.05) is 0 Å². The van der Waals surface area contributed by atoms with Crippen LogP contribution in [0.2, 0.25) is 0 Å². The van der Waals surface area contributed by atoms with Gasteiger partial charge in [0.1, 0.15) is 10.8 Å². The highest BCUT2D eigenvalue weighted by atomic mass is 35.5. The first-order valence-corrected chi connectivity index (χ1v) is 2.69. The lowest BCUT2D eigenvalue weighted by molar-refractivity contribution is -0.138. The topological polar surface area (TPSA) is 26.3 Å². The minimum atomic E-state index is -1.18. The van der Waals surface area contributed by atoms with Gasteiger partial charge in [0, 0.05) is 0 Å². The Bertz CT molecular complexity index is 131. The van der Waals surface area contributed by atoms with Crippen LogP contribution in [0.25, 0.3) is 0 Å². The SMILES string of the molecule is O=C(CF)OC=C(Cl)Cl. The van der Waals surface area contributed by atoms with Crippen molar-refractivity contribution in [3.63, 3.8) is 0 Å². The van der Waals surface area contributed by atoms with Gasteiger partial charge in [0.25, 0.3) is 0 Å². The zero-order valence-electron chi connectivity index (χ0n) is 4.23. The fourth-order valence-electron chi connectivity index (χ4n) is 0.142. The molecule has 9 heavy (non-hydrogen) atoms. The van der Waals surface area contributed by atoms with Gasteiger partial charge in [-0.15, -0.1) is 0 Å². The Morgan fingerprint density at radius 1 is 1.67 bits per heavy atom. The molecule has 0 rings (SSSR count). The van der Waals surface area contributed by atoms with Crippen molar-refractivity contribution < 1.29 is 13.9 Å². The number of hydrogen-bond donors (Lipinski definition) is 0. The Kier molecular flexibility index (Phi) is 4.44. The Labute approximate surface area is 61.2 Å². The molecule has 52 valence electrons. The van der Waals surface area contributed by atoms with Crippen LogP contribution in [0.3, 0.4) is 0 Å². The molecular formula is C4H3Cl2FO2. The average Bonchev–Trinajstić information content (AvgIpc) is 1.83. The number of halogens is 3. The largest absolute Gasteiger partial charge is 0.430 e. The van der Waals surface area contributed by atoms with Crippen molar-refractivity contribution in [2.75, 3.05) is 6.67 Å². The molecule has 0 aliphatic carbocycles. The summed E-state index contributed by atoms with van der Waals surface area (Å²) < 4.78 is 15.0. The van der Waals surface area contributed by atoms with Gasteiger partial charge in [-0.25, -0.2) is 9.18 Å². The maximum atomic E-state index is 11.2. The van der Waals surface area contributed by atoms with E-state index in [1.54, 1.807) is 0 Å². The summed E-state index contributed by atoms with van der Waals surface area (Å²) in [5.41, 5.74) is 0. The van der Waals surface area contributed by atoms with E-state index in [9.17, 15) is 9.18 Å². The van der Waals surface area contributed by atoms with Gasteiger partial charge in [-0.3, -0.25) is 0 Å². The molecule has 0 aliphatic heterocycles. The Hall–Kier alpha value is -0.280. The fourth-order valence-corrected chi connectivity index (χ4v) is 0.231. The summed E-state index contributed by atoms with van der Waals surface area (Å²) in [7, 11) is 0. The maximum absolute atomic E-state index is 11.2.